The summed E-state index contributed by atoms with van der Waals surface area (Å²) in [7, 11) is 0. The van der Waals surface area contributed by atoms with Crippen LogP contribution in [0.25, 0.3) is 0 Å². The van der Waals surface area contributed by atoms with Crippen LogP contribution >= 0.6 is 0 Å². The minimum atomic E-state index is 0.106. The van der Waals surface area contributed by atoms with E-state index in [1.807, 2.05) is 0 Å². The van der Waals surface area contributed by atoms with E-state index in [9.17, 15) is 10.0 Å². The second-order valence-corrected chi connectivity index (χ2v) is 2.87. The summed E-state index contributed by atoms with van der Waals surface area (Å²) in [4.78, 5) is 10.4. The number of aromatic hydroxyl groups is 1. The quantitative estimate of drug-likeness (QED) is 0.570. The number of rotatable bonds is 3. The van der Waals surface area contributed by atoms with Crippen molar-refractivity contribution in [3.8, 4) is 5.75 Å². The third-order valence-electron chi connectivity index (χ3n) is 1.79. The zero-order chi connectivity index (χ0) is 9.84. The lowest BCUT2D eigenvalue weighted by atomic mass is 10.1. The van der Waals surface area contributed by atoms with Crippen molar-refractivity contribution >= 4 is 5.69 Å². The molecule has 0 heterocycles. The van der Waals surface area contributed by atoms with Crippen molar-refractivity contribution in [3.63, 3.8) is 0 Å². The van der Waals surface area contributed by atoms with Crippen LogP contribution in [0.1, 0.15) is 11.1 Å². The Hall–Kier alpha value is -1.64. The summed E-state index contributed by atoms with van der Waals surface area (Å²) in [6, 6.07) is 3.25. The molecule has 1 N–H and O–H groups in total. The third kappa shape index (κ3) is 1.93. The highest BCUT2D eigenvalue weighted by Crippen LogP contribution is 2.30. The predicted molar refractivity (Wildman–Crippen MR) is 52.2 cm³/mol. The zero-order valence-corrected chi connectivity index (χ0v) is 7.45. The fourth-order valence-electron chi connectivity index (χ4n) is 1.21. The highest BCUT2D eigenvalue weighted by atomic mass is 16.3. The molecule has 3 nitrogen and oxygen atoms in total. The zero-order valence-electron chi connectivity index (χ0n) is 7.45. The normalized spacial score (nSPS) is 9.62. The minimum Gasteiger partial charge on any atom is -0.508 e. The molecule has 0 aliphatic rings. The van der Waals surface area contributed by atoms with E-state index in [0.717, 1.165) is 5.56 Å². The van der Waals surface area contributed by atoms with Gasteiger partial charge in [0.1, 0.15) is 11.4 Å². The number of nitrogens with zero attached hydrogens (tertiary/aromatic N) is 1. The highest BCUT2D eigenvalue weighted by molar-refractivity contribution is 5.56. The Labute approximate surface area is 76.7 Å². The van der Waals surface area contributed by atoms with Crippen LogP contribution in [0.3, 0.4) is 0 Å². The molecule has 1 aromatic rings. The number of hydrogen-bond acceptors (Lipinski definition) is 3. The van der Waals surface area contributed by atoms with Gasteiger partial charge in [-0.2, -0.15) is 0 Å². The van der Waals surface area contributed by atoms with Crippen LogP contribution in [0.5, 0.6) is 5.75 Å². The van der Waals surface area contributed by atoms with E-state index in [1.54, 1.807) is 25.1 Å². The molecule has 0 radical (unpaired) electrons. The van der Waals surface area contributed by atoms with E-state index in [2.05, 4.69) is 11.8 Å². The van der Waals surface area contributed by atoms with Crippen molar-refractivity contribution < 1.29 is 5.11 Å². The van der Waals surface area contributed by atoms with Gasteiger partial charge in [0.05, 0.1) is 0 Å². The van der Waals surface area contributed by atoms with Crippen molar-refractivity contribution in [2.24, 2.45) is 5.18 Å². The largest absolute Gasteiger partial charge is 0.508 e. The molecule has 0 amide bonds. The fourth-order valence-corrected chi connectivity index (χ4v) is 1.21. The van der Waals surface area contributed by atoms with E-state index in [-0.39, 0.29) is 11.4 Å². The summed E-state index contributed by atoms with van der Waals surface area (Å²) in [5.74, 6) is 0.106. The molecule has 68 valence electrons. The molecular formula is C10H11NO2. The summed E-state index contributed by atoms with van der Waals surface area (Å²) in [5, 5.41) is 12.3. The smallest absolute Gasteiger partial charge is 0.121 e. The van der Waals surface area contributed by atoms with Gasteiger partial charge >= 0.3 is 0 Å². The molecule has 13 heavy (non-hydrogen) atoms. The Morgan fingerprint density at radius 1 is 1.62 bits per heavy atom. The third-order valence-corrected chi connectivity index (χ3v) is 1.79. The summed E-state index contributed by atoms with van der Waals surface area (Å²) in [6.45, 7) is 5.34. The molecule has 0 aromatic heterocycles. The molecule has 0 bridgehead atoms. The average Bonchev–Trinajstić information content (AvgIpc) is 2.09. The molecule has 0 fully saturated rings. The lowest BCUT2D eigenvalue weighted by Crippen LogP contribution is -1.85. The number of allylic oxidation sites excluding steroid dienone is 1. The lowest BCUT2D eigenvalue weighted by molar-refractivity contribution is 0.469. The molecule has 0 aliphatic heterocycles. The molecule has 0 atom stereocenters. The van der Waals surface area contributed by atoms with Gasteiger partial charge in [0.2, 0.25) is 0 Å². The number of phenols is 1. The maximum atomic E-state index is 10.4. The first-order valence-electron chi connectivity index (χ1n) is 3.95. The second-order valence-electron chi connectivity index (χ2n) is 2.87. The van der Waals surface area contributed by atoms with Crippen molar-refractivity contribution in [3.05, 3.63) is 40.8 Å². The Bertz CT molecular complexity index is 345. The predicted octanol–water partition coefficient (Wildman–Crippen LogP) is 2.83. The van der Waals surface area contributed by atoms with Gasteiger partial charge in [0, 0.05) is 5.56 Å². The highest BCUT2D eigenvalue weighted by Gasteiger charge is 2.07. The molecule has 1 aromatic carbocycles. The summed E-state index contributed by atoms with van der Waals surface area (Å²) in [6.07, 6.45) is 2.08. The molecule has 1 rings (SSSR count). The van der Waals surface area contributed by atoms with Crippen molar-refractivity contribution in [1.82, 2.24) is 0 Å². The molecule has 3 heteroatoms. The number of nitroso groups, excluding NO2 is 1. The van der Waals surface area contributed by atoms with Gasteiger partial charge in [-0.25, -0.2) is 0 Å². The standard InChI is InChI=1S/C10H11NO2/c1-3-4-8-9(11-13)5-7(2)6-10(8)12/h3,5-6,12H,1,4H2,2H3. The van der Waals surface area contributed by atoms with E-state index < -0.39 is 0 Å². The molecule has 0 unspecified atom stereocenters. The van der Waals surface area contributed by atoms with Gasteiger partial charge in [-0.05, 0) is 36.2 Å². The van der Waals surface area contributed by atoms with Gasteiger partial charge in [-0.3, -0.25) is 0 Å². The monoisotopic (exact) mass is 177 g/mol. The van der Waals surface area contributed by atoms with Gasteiger partial charge in [-0.15, -0.1) is 11.5 Å². The van der Waals surface area contributed by atoms with Gasteiger partial charge < -0.3 is 5.11 Å². The first kappa shape index (κ1) is 9.45. The topological polar surface area (TPSA) is 49.7 Å². The fraction of sp³-hybridized carbons (Fsp3) is 0.200. The Morgan fingerprint density at radius 2 is 2.31 bits per heavy atom. The second kappa shape index (κ2) is 3.85. The van der Waals surface area contributed by atoms with Crippen LogP contribution in [-0.2, 0) is 6.42 Å². The summed E-state index contributed by atoms with van der Waals surface area (Å²) < 4.78 is 0. The van der Waals surface area contributed by atoms with E-state index in [0.29, 0.717) is 12.0 Å². The Balaban J connectivity index is 3.28. The van der Waals surface area contributed by atoms with Crippen LogP contribution in [-0.4, -0.2) is 5.11 Å². The van der Waals surface area contributed by atoms with E-state index >= 15 is 0 Å². The summed E-state index contributed by atoms with van der Waals surface area (Å²) in [5.41, 5.74) is 1.65. The lowest BCUT2D eigenvalue weighted by Gasteiger charge is -2.04. The number of phenolic OH excluding ortho intramolecular Hbond substituents is 1. The summed E-state index contributed by atoms with van der Waals surface area (Å²) >= 11 is 0. The van der Waals surface area contributed by atoms with Gasteiger partial charge in [-0.1, -0.05) is 6.08 Å². The van der Waals surface area contributed by atoms with Crippen molar-refractivity contribution in [2.45, 2.75) is 13.3 Å². The molecular weight excluding hydrogens is 166 g/mol. The number of hydrogen-bond donors (Lipinski definition) is 1. The van der Waals surface area contributed by atoms with Crippen molar-refractivity contribution in [2.75, 3.05) is 0 Å². The molecule has 0 aliphatic carbocycles. The Kier molecular flexibility index (Phi) is 2.80. The molecule has 0 spiro atoms. The number of aryl methyl sites for hydroxylation is 1. The molecule has 0 saturated heterocycles. The van der Waals surface area contributed by atoms with Crippen LogP contribution in [0.15, 0.2) is 30.0 Å². The van der Waals surface area contributed by atoms with Crippen LogP contribution in [0.4, 0.5) is 5.69 Å². The maximum absolute atomic E-state index is 10.4. The first-order valence-corrected chi connectivity index (χ1v) is 3.95. The first-order chi connectivity index (χ1) is 6.19. The molecule has 0 saturated carbocycles. The van der Waals surface area contributed by atoms with E-state index in [1.165, 1.54) is 0 Å². The van der Waals surface area contributed by atoms with E-state index in [4.69, 9.17) is 0 Å². The van der Waals surface area contributed by atoms with Gasteiger partial charge in [0.25, 0.3) is 0 Å². The van der Waals surface area contributed by atoms with Crippen molar-refractivity contribution in [1.29, 1.82) is 0 Å². The van der Waals surface area contributed by atoms with Crippen LogP contribution < -0.4 is 0 Å². The van der Waals surface area contributed by atoms with Crippen LogP contribution in [0, 0.1) is 11.8 Å². The minimum absolute atomic E-state index is 0.106. The van der Waals surface area contributed by atoms with Crippen LogP contribution in [0.2, 0.25) is 0 Å². The average molecular weight is 177 g/mol. The maximum Gasteiger partial charge on any atom is 0.121 e. The number of benzene rings is 1. The Morgan fingerprint density at radius 3 is 2.85 bits per heavy atom. The van der Waals surface area contributed by atoms with Gasteiger partial charge in [0.15, 0.2) is 0 Å². The SMILES string of the molecule is C=CCc1c(O)cc(C)cc1N=O.